The Bertz CT molecular complexity index is 355. The Morgan fingerprint density at radius 1 is 1.21 bits per heavy atom. The number of carbonyl (C=O) groups is 1. The van der Waals surface area contributed by atoms with E-state index in [0.29, 0.717) is 5.56 Å². The normalized spacial score (nSPS) is 9.71. The van der Waals surface area contributed by atoms with Crippen LogP contribution in [-0.4, -0.2) is 21.3 Å². The van der Waals surface area contributed by atoms with Gasteiger partial charge in [0.15, 0.2) is 11.5 Å². The highest BCUT2D eigenvalue weighted by atomic mass is 16.4. The molecule has 0 aromatic heterocycles. The lowest BCUT2D eigenvalue weighted by Gasteiger charge is -1.97. The summed E-state index contributed by atoms with van der Waals surface area (Å²) < 4.78 is 0. The molecule has 1 aromatic carbocycles. The highest BCUT2D eigenvalue weighted by Crippen LogP contribution is 2.25. The number of aliphatic carboxylic acids is 1. The lowest BCUT2D eigenvalue weighted by atomic mass is 10.2. The molecule has 0 fully saturated rings. The third kappa shape index (κ3) is 3.18. The topological polar surface area (TPSA) is 77.8 Å². The molecular weight excluding hydrogens is 184 g/mol. The Kier molecular flexibility index (Phi) is 4.22. The molecule has 0 aliphatic heterocycles. The zero-order valence-electron chi connectivity index (χ0n) is 6.64. The molecule has 0 aliphatic carbocycles. The first kappa shape index (κ1) is 12.0. The maximum absolute atomic E-state index is 10.1. The third-order valence-electron chi connectivity index (χ3n) is 1.42. The number of carboxylic acids is 1. The van der Waals surface area contributed by atoms with Crippen LogP contribution in [0.25, 0.3) is 6.08 Å². The quantitative estimate of drug-likeness (QED) is 0.498. The first-order valence-electron chi connectivity index (χ1n) is 3.52. The van der Waals surface area contributed by atoms with Crippen LogP contribution in [0, 0.1) is 0 Å². The molecule has 3 N–H and O–H groups in total. The fourth-order valence-electron chi connectivity index (χ4n) is 0.812. The highest BCUT2D eigenvalue weighted by Gasteiger charge is 1.97. The summed E-state index contributed by atoms with van der Waals surface area (Å²) in [6.07, 6.45) is 2.27. The van der Waals surface area contributed by atoms with Crippen LogP contribution in [0.3, 0.4) is 0 Å². The average Bonchev–Trinajstić information content (AvgIpc) is 2.07. The third-order valence-corrected chi connectivity index (χ3v) is 1.42. The van der Waals surface area contributed by atoms with Gasteiger partial charge in [-0.15, -0.1) is 0 Å². The summed E-state index contributed by atoms with van der Waals surface area (Å²) in [7, 11) is 0. The molecule has 0 atom stereocenters. The predicted molar refractivity (Wildman–Crippen MR) is 53.2 cm³/mol. The van der Waals surface area contributed by atoms with Gasteiger partial charge in [-0.05, 0) is 23.8 Å². The SMILES string of the molecule is C.O=C(O)/C=C/c1ccc(O)c(O)c1. The van der Waals surface area contributed by atoms with Gasteiger partial charge in [0.05, 0.1) is 0 Å². The fraction of sp³-hybridized carbons (Fsp3) is 0.100. The van der Waals surface area contributed by atoms with Gasteiger partial charge in [-0.3, -0.25) is 0 Å². The molecule has 0 bridgehead atoms. The molecule has 0 saturated heterocycles. The van der Waals surface area contributed by atoms with Gasteiger partial charge in [-0.1, -0.05) is 13.5 Å². The molecule has 0 amide bonds. The molecule has 0 radical (unpaired) electrons. The summed E-state index contributed by atoms with van der Waals surface area (Å²) in [5.74, 6) is -1.56. The number of carboxylic acid groups (broad SMARTS) is 1. The molecular formula is C10H12O4. The van der Waals surface area contributed by atoms with Crippen LogP contribution < -0.4 is 0 Å². The van der Waals surface area contributed by atoms with Gasteiger partial charge in [0.1, 0.15) is 0 Å². The van der Waals surface area contributed by atoms with Crippen LogP contribution in [0.15, 0.2) is 24.3 Å². The standard InChI is InChI=1S/C9H8O4.CH4/c10-7-3-1-6(5-8(7)11)2-4-9(12)13;/h1-5,10-11H,(H,12,13);1H4/b4-2+;. The maximum Gasteiger partial charge on any atom is 0.328 e. The molecule has 1 aromatic rings. The first-order chi connectivity index (χ1) is 6.09. The number of phenolic OH excluding ortho intramolecular Hbond substituents is 2. The van der Waals surface area contributed by atoms with E-state index in [2.05, 4.69) is 0 Å². The van der Waals surface area contributed by atoms with Crippen molar-refractivity contribution in [1.82, 2.24) is 0 Å². The van der Waals surface area contributed by atoms with Gasteiger partial charge < -0.3 is 15.3 Å². The molecule has 4 nitrogen and oxygen atoms in total. The maximum atomic E-state index is 10.1. The average molecular weight is 196 g/mol. The number of benzene rings is 1. The minimum Gasteiger partial charge on any atom is -0.504 e. The van der Waals surface area contributed by atoms with Crippen molar-refractivity contribution >= 4 is 12.0 Å². The Hall–Kier alpha value is -1.97. The van der Waals surface area contributed by atoms with E-state index in [-0.39, 0.29) is 18.9 Å². The first-order valence-corrected chi connectivity index (χ1v) is 3.52. The number of aromatic hydroxyl groups is 2. The molecule has 76 valence electrons. The van der Waals surface area contributed by atoms with Crippen molar-refractivity contribution in [1.29, 1.82) is 0 Å². The van der Waals surface area contributed by atoms with Crippen LogP contribution in [0.1, 0.15) is 13.0 Å². The number of rotatable bonds is 2. The molecule has 0 aliphatic rings. The molecule has 0 heterocycles. The van der Waals surface area contributed by atoms with E-state index in [1.807, 2.05) is 0 Å². The van der Waals surface area contributed by atoms with Crippen LogP contribution in [-0.2, 0) is 4.79 Å². The van der Waals surface area contributed by atoms with Crippen molar-refractivity contribution in [2.24, 2.45) is 0 Å². The number of hydrogen-bond donors (Lipinski definition) is 3. The van der Waals surface area contributed by atoms with Gasteiger partial charge in [0.2, 0.25) is 0 Å². The Morgan fingerprint density at radius 3 is 2.36 bits per heavy atom. The van der Waals surface area contributed by atoms with Gasteiger partial charge in [0.25, 0.3) is 0 Å². The predicted octanol–water partition coefficient (Wildman–Crippen LogP) is 1.83. The fourth-order valence-corrected chi connectivity index (χ4v) is 0.812. The Balaban J connectivity index is 0.00000169. The van der Waals surface area contributed by atoms with Crippen LogP contribution in [0.4, 0.5) is 0 Å². The van der Waals surface area contributed by atoms with Crippen molar-refractivity contribution in [3.63, 3.8) is 0 Å². The summed E-state index contributed by atoms with van der Waals surface area (Å²) in [4.78, 5) is 10.1. The summed E-state index contributed by atoms with van der Waals surface area (Å²) >= 11 is 0. The minimum atomic E-state index is -1.06. The zero-order valence-corrected chi connectivity index (χ0v) is 6.64. The molecule has 0 spiro atoms. The summed E-state index contributed by atoms with van der Waals surface area (Å²) in [6, 6.07) is 4.06. The van der Waals surface area contributed by atoms with E-state index < -0.39 is 5.97 Å². The van der Waals surface area contributed by atoms with E-state index in [9.17, 15) is 4.79 Å². The second kappa shape index (κ2) is 4.91. The minimum absolute atomic E-state index is 0. The summed E-state index contributed by atoms with van der Waals surface area (Å²) in [6.45, 7) is 0. The van der Waals surface area contributed by atoms with Crippen molar-refractivity contribution < 1.29 is 20.1 Å². The lowest BCUT2D eigenvalue weighted by molar-refractivity contribution is -0.131. The van der Waals surface area contributed by atoms with Crippen LogP contribution in [0.2, 0.25) is 0 Å². The second-order valence-electron chi connectivity index (χ2n) is 2.42. The second-order valence-corrected chi connectivity index (χ2v) is 2.42. The van der Waals surface area contributed by atoms with Gasteiger partial charge in [-0.25, -0.2) is 4.79 Å². The molecule has 1 rings (SSSR count). The van der Waals surface area contributed by atoms with Crippen molar-refractivity contribution in [3.8, 4) is 11.5 Å². The monoisotopic (exact) mass is 196 g/mol. The Labute approximate surface area is 81.8 Å². The van der Waals surface area contributed by atoms with Crippen molar-refractivity contribution in [2.75, 3.05) is 0 Å². The van der Waals surface area contributed by atoms with E-state index in [0.717, 1.165) is 6.08 Å². The zero-order chi connectivity index (χ0) is 9.84. The van der Waals surface area contributed by atoms with Gasteiger partial charge >= 0.3 is 5.97 Å². The van der Waals surface area contributed by atoms with Crippen molar-refractivity contribution in [2.45, 2.75) is 7.43 Å². The molecule has 4 heteroatoms. The van der Waals surface area contributed by atoms with E-state index in [1.54, 1.807) is 0 Å². The highest BCUT2D eigenvalue weighted by molar-refractivity contribution is 5.85. The summed E-state index contributed by atoms with van der Waals surface area (Å²) in [5, 5.41) is 26.3. The molecule has 14 heavy (non-hydrogen) atoms. The van der Waals surface area contributed by atoms with Crippen LogP contribution >= 0.6 is 0 Å². The van der Waals surface area contributed by atoms with Gasteiger partial charge in [-0.2, -0.15) is 0 Å². The van der Waals surface area contributed by atoms with Crippen molar-refractivity contribution in [3.05, 3.63) is 29.8 Å². The van der Waals surface area contributed by atoms with E-state index in [1.165, 1.54) is 24.3 Å². The lowest BCUT2D eigenvalue weighted by Crippen LogP contribution is -1.85. The van der Waals surface area contributed by atoms with Gasteiger partial charge in [0, 0.05) is 6.08 Å². The largest absolute Gasteiger partial charge is 0.504 e. The van der Waals surface area contributed by atoms with Crippen LogP contribution in [0.5, 0.6) is 11.5 Å². The van der Waals surface area contributed by atoms with E-state index >= 15 is 0 Å². The summed E-state index contributed by atoms with van der Waals surface area (Å²) in [5.41, 5.74) is 0.512. The Morgan fingerprint density at radius 2 is 1.86 bits per heavy atom. The molecule has 0 unspecified atom stereocenters. The number of hydrogen-bond acceptors (Lipinski definition) is 3. The van der Waals surface area contributed by atoms with E-state index in [4.69, 9.17) is 15.3 Å². The smallest absolute Gasteiger partial charge is 0.328 e. The number of phenols is 2. The molecule has 0 saturated carbocycles.